The first-order valence-corrected chi connectivity index (χ1v) is 12.9. The van der Waals surface area contributed by atoms with Crippen LogP contribution in [-0.2, 0) is 24.9 Å². The Bertz CT molecular complexity index is 1200. The first kappa shape index (κ1) is 31.7. The second-order valence-corrected chi connectivity index (χ2v) is 8.87. The van der Waals surface area contributed by atoms with Gasteiger partial charge in [0.1, 0.15) is 11.5 Å². The lowest BCUT2D eigenvalue weighted by atomic mass is 9.97. The lowest BCUT2D eigenvalue weighted by Gasteiger charge is -2.20. The molecule has 2 heterocycles. The maximum absolute atomic E-state index is 12.2. The van der Waals surface area contributed by atoms with Crippen LogP contribution < -0.4 is 10.6 Å². The number of aromatic amines is 1. The van der Waals surface area contributed by atoms with Crippen LogP contribution in [0.15, 0.2) is 30.5 Å². The fourth-order valence-corrected chi connectivity index (χ4v) is 3.77. The van der Waals surface area contributed by atoms with Crippen LogP contribution in [0.5, 0.6) is 0 Å². The number of hydrogen-bond acceptors (Lipinski definition) is 4. The predicted octanol–water partition coefficient (Wildman–Crippen LogP) is 5.80. The standard InChI is InChI=1S/C18H19F3N6O2.C6H10F2.C2H6/c1-27-14(5-7-24-27)17(29)23-10-15-25-12-3-2-11(8-13(12)26-15)9-22-16(28)4-6-18(19,20)21;7-6(8)4-2-1-3-5-6;1-2/h2-3,5,7-8H,4,6,9-10H2,1H3,(H,22,28)(H,23,29)(H,25,26);1-5H2;1-2H3. The number of rotatable bonds is 7. The molecule has 1 saturated carbocycles. The molecule has 216 valence electrons. The number of carbonyl (C=O) groups excluding carboxylic acids is 2. The molecule has 39 heavy (non-hydrogen) atoms. The van der Waals surface area contributed by atoms with Gasteiger partial charge >= 0.3 is 6.18 Å². The van der Waals surface area contributed by atoms with E-state index in [1.54, 1.807) is 31.3 Å². The largest absolute Gasteiger partial charge is 0.389 e. The van der Waals surface area contributed by atoms with Gasteiger partial charge in [0.05, 0.1) is 24.0 Å². The van der Waals surface area contributed by atoms with E-state index in [1.807, 2.05) is 13.8 Å². The zero-order valence-electron chi connectivity index (χ0n) is 22.3. The summed E-state index contributed by atoms with van der Waals surface area (Å²) in [4.78, 5) is 31.1. The summed E-state index contributed by atoms with van der Waals surface area (Å²) in [5.74, 6) is -2.72. The van der Waals surface area contributed by atoms with Crippen LogP contribution >= 0.6 is 0 Å². The predicted molar refractivity (Wildman–Crippen MR) is 137 cm³/mol. The molecule has 0 atom stereocenters. The third kappa shape index (κ3) is 11.0. The molecular formula is C26H35F5N6O2. The van der Waals surface area contributed by atoms with Crippen LogP contribution in [0.25, 0.3) is 11.0 Å². The number of imidazole rings is 1. The van der Waals surface area contributed by atoms with Crippen molar-refractivity contribution in [3.8, 4) is 0 Å². The third-order valence-corrected chi connectivity index (χ3v) is 5.78. The minimum atomic E-state index is -4.35. The van der Waals surface area contributed by atoms with Gasteiger partial charge in [-0.2, -0.15) is 18.3 Å². The Labute approximate surface area is 223 Å². The minimum absolute atomic E-state index is 0.109. The molecule has 2 amide bonds. The first-order valence-electron chi connectivity index (χ1n) is 12.9. The SMILES string of the molecule is CC.Cn1nccc1C(=O)NCc1nc2ccc(CNC(=O)CCC(F)(F)F)cc2[nH]1.FC1(F)CCCCC1. The Balaban J connectivity index is 0.000000451. The summed E-state index contributed by atoms with van der Waals surface area (Å²) < 4.78 is 62.3. The number of alkyl halides is 5. The summed E-state index contributed by atoms with van der Waals surface area (Å²) >= 11 is 0. The molecular weight excluding hydrogens is 523 g/mol. The average molecular weight is 559 g/mol. The van der Waals surface area contributed by atoms with Crippen molar-refractivity contribution in [2.45, 2.75) is 84.0 Å². The van der Waals surface area contributed by atoms with E-state index in [2.05, 4.69) is 25.7 Å². The molecule has 1 aromatic carbocycles. The summed E-state index contributed by atoms with van der Waals surface area (Å²) in [5, 5.41) is 9.14. The zero-order chi connectivity index (χ0) is 29.1. The first-order chi connectivity index (χ1) is 18.4. The van der Waals surface area contributed by atoms with Gasteiger partial charge in [0.15, 0.2) is 0 Å². The minimum Gasteiger partial charge on any atom is -0.352 e. The van der Waals surface area contributed by atoms with Crippen LogP contribution in [0.3, 0.4) is 0 Å². The number of fused-ring (bicyclic) bond motifs is 1. The summed E-state index contributed by atoms with van der Waals surface area (Å²) in [6.07, 6.45) is -1.91. The quantitative estimate of drug-likeness (QED) is 0.319. The summed E-state index contributed by atoms with van der Waals surface area (Å²) in [6.45, 7) is 4.29. The Morgan fingerprint density at radius 1 is 1.05 bits per heavy atom. The van der Waals surface area contributed by atoms with Crippen molar-refractivity contribution in [3.63, 3.8) is 0 Å². The van der Waals surface area contributed by atoms with Gasteiger partial charge in [0, 0.05) is 39.1 Å². The molecule has 8 nitrogen and oxygen atoms in total. The highest BCUT2D eigenvalue weighted by molar-refractivity contribution is 5.92. The van der Waals surface area contributed by atoms with Crippen molar-refractivity contribution in [1.29, 1.82) is 0 Å². The number of carbonyl (C=O) groups is 2. The number of aryl methyl sites for hydroxylation is 1. The molecule has 0 unspecified atom stereocenters. The number of H-pyrrole nitrogens is 1. The van der Waals surface area contributed by atoms with Gasteiger partial charge in [-0.05, 0) is 36.6 Å². The third-order valence-electron chi connectivity index (χ3n) is 5.78. The van der Waals surface area contributed by atoms with Crippen molar-refractivity contribution >= 4 is 22.8 Å². The molecule has 1 aliphatic rings. The topological polar surface area (TPSA) is 105 Å². The maximum Gasteiger partial charge on any atom is 0.389 e. The number of hydrogen-bond donors (Lipinski definition) is 3. The van der Waals surface area contributed by atoms with Crippen LogP contribution in [0.1, 0.15) is 80.7 Å². The number of benzene rings is 1. The van der Waals surface area contributed by atoms with Gasteiger partial charge in [-0.1, -0.05) is 26.3 Å². The summed E-state index contributed by atoms with van der Waals surface area (Å²) in [7, 11) is 1.67. The molecule has 0 aliphatic heterocycles. The van der Waals surface area contributed by atoms with Gasteiger partial charge in [-0.25, -0.2) is 13.8 Å². The van der Waals surface area contributed by atoms with E-state index >= 15 is 0 Å². The molecule has 0 bridgehead atoms. The Morgan fingerprint density at radius 3 is 2.31 bits per heavy atom. The van der Waals surface area contributed by atoms with E-state index in [0.29, 0.717) is 41.0 Å². The molecule has 0 spiro atoms. The van der Waals surface area contributed by atoms with E-state index in [0.717, 1.165) is 6.42 Å². The highest BCUT2D eigenvalue weighted by atomic mass is 19.4. The van der Waals surface area contributed by atoms with Crippen molar-refractivity contribution in [1.82, 2.24) is 30.4 Å². The Morgan fingerprint density at radius 2 is 1.74 bits per heavy atom. The lowest BCUT2D eigenvalue weighted by molar-refractivity contribution is -0.144. The van der Waals surface area contributed by atoms with Crippen LogP contribution in [0.2, 0.25) is 0 Å². The summed E-state index contributed by atoms with van der Waals surface area (Å²) in [6, 6.07) is 6.81. The Kier molecular flexibility index (Phi) is 11.9. The molecule has 0 radical (unpaired) electrons. The van der Waals surface area contributed by atoms with Gasteiger partial charge in [0.2, 0.25) is 11.8 Å². The lowest BCUT2D eigenvalue weighted by Crippen LogP contribution is -2.25. The molecule has 3 N–H and O–H groups in total. The van der Waals surface area contributed by atoms with Crippen molar-refractivity contribution in [2.75, 3.05) is 0 Å². The van der Waals surface area contributed by atoms with Crippen LogP contribution in [0.4, 0.5) is 22.0 Å². The monoisotopic (exact) mass is 558 g/mol. The van der Waals surface area contributed by atoms with Crippen LogP contribution in [0, 0.1) is 0 Å². The number of halogens is 5. The highest BCUT2D eigenvalue weighted by Gasteiger charge is 2.30. The van der Waals surface area contributed by atoms with Crippen molar-refractivity contribution in [2.24, 2.45) is 7.05 Å². The average Bonchev–Trinajstić information content (AvgIpc) is 3.51. The molecule has 1 aliphatic carbocycles. The van der Waals surface area contributed by atoms with E-state index in [4.69, 9.17) is 0 Å². The molecule has 13 heteroatoms. The molecule has 3 aromatic rings. The number of amides is 2. The van der Waals surface area contributed by atoms with Crippen molar-refractivity contribution < 1.29 is 31.5 Å². The second-order valence-electron chi connectivity index (χ2n) is 8.87. The van der Waals surface area contributed by atoms with E-state index < -0.39 is 30.8 Å². The van der Waals surface area contributed by atoms with Gasteiger partial charge in [-0.15, -0.1) is 0 Å². The fraction of sp³-hybridized carbons (Fsp3) is 0.538. The molecule has 0 saturated heterocycles. The smallest absolute Gasteiger partial charge is 0.352 e. The zero-order valence-corrected chi connectivity index (χ0v) is 22.3. The van der Waals surface area contributed by atoms with E-state index in [9.17, 15) is 31.5 Å². The second kappa shape index (κ2) is 14.6. The van der Waals surface area contributed by atoms with E-state index in [-0.39, 0.29) is 31.8 Å². The Hall–Kier alpha value is -3.51. The number of aromatic nitrogens is 4. The highest BCUT2D eigenvalue weighted by Crippen LogP contribution is 2.32. The normalized spacial score (nSPS) is 14.5. The fourth-order valence-electron chi connectivity index (χ4n) is 3.77. The number of nitrogens with one attached hydrogen (secondary N) is 3. The molecule has 4 rings (SSSR count). The van der Waals surface area contributed by atoms with Gasteiger partial charge in [-0.3, -0.25) is 14.3 Å². The molecule has 2 aromatic heterocycles. The van der Waals surface area contributed by atoms with Gasteiger partial charge < -0.3 is 15.6 Å². The molecule has 1 fully saturated rings. The van der Waals surface area contributed by atoms with Gasteiger partial charge in [0.25, 0.3) is 5.91 Å². The van der Waals surface area contributed by atoms with Crippen molar-refractivity contribution in [3.05, 3.63) is 47.5 Å². The maximum atomic E-state index is 12.2. The summed E-state index contributed by atoms with van der Waals surface area (Å²) in [5.41, 5.74) is 2.50. The number of nitrogens with zero attached hydrogens (tertiary/aromatic N) is 3. The van der Waals surface area contributed by atoms with Crippen LogP contribution in [-0.4, -0.2) is 43.7 Å². The van der Waals surface area contributed by atoms with E-state index in [1.165, 1.54) is 10.9 Å².